The minimum atomic E-state index is -0.772. The smallest absolute Gasteiger partial charge is 0.267 e. The van der Waals surface area contributed by atoms with Gasteiger partial charge in [0.05, 0.1) is 10.6 Å². The van der Waals surface area contributed by atoms with E-state index in [0.717, 1.165) is 23.5 Å². The van der Waals surface area contributed by atoms with Crippen molar-refractivity contribution < 1.29 is 18.3 Å². The second-order valence-electron chi connectivity index (χ2n) is 6.01. The summed E-state index contributed by atoms with van der Waals surface area (Å²) in [5.74, 6) is -1.78. The lowest BCUT2D eigenvalue weighted by molar-refractivity contribution is 0.103. The van der Waals surface area contributed by atoms with E-state index < -0.39 is 11.6 Å². The number of anilines is 1. The molecule has 1 N–H and O–H groups in total. The molecule has 4 aromatic rings. The van der Waals surface area contributed by atoms with Crippen molar-refractivity contribution in [3.63, 3.8) is 0 Å². The minimum Gasteiger partial charge on any atom is -0.486 e. The van der Waals surface area contributed by atoms with Gasteiger partial charge in [-0.2, -0.15) is 5.10 Å². The summed E-state index contributed by atoms with van der Waals surface area (Å²) in [5, 5.41) is 10.9. The summed E-state index contributed by atoms with van der Waals surface area (Å²) in [7, 11) is 1.82. The van der Waals surface area contributed by atoms with E-state index in [0.29, 0.717) is 15.6 Å². The number of aryl methyl sites for hydroxylation is 1. The summed E-state index contributed by atoms with van der Waals surface area (Å²) < 4.78 is 33.6. The lowest BCUT2D eigenvalue weighted by Gasteiger charge is -2.05. The molecule has 0 saturated heterocycles. The van der Waals surface area contributed by atoms with Crippen LogP contribution >= 0.6 is 22.7 Å². The normalized spacial score (nSPS) is 10.9. The first kappa shape index (κ1) is 19.2. The van der Waals surface area contributed by atoms with Gasteiger partial charge >= 0.3 is 0 Å². The summed E-state index contributed by atoms with van der Waals surface area (Å²) in [6.07, 6.45) is 1.68. The Kier molecular flexibility index (Phi) is 5.36. The largest absolute Gasteiger partial charge is 0.486 e. The van der Waals surface area contributed by atoms with E-state index in [2.05, 4.69) is 15.4 Å². The lowest BCUT2D eigenvalue weighted by Crippen LogP contribution is -2.10. The Balaban J connectivity index is 1.38. The molecule has 0 unspecified atom stereocenters. The highest BCUT2D eigenvalue weighted by Crippen LogP contribution is 2.26. The number of thiazole rings is 1. The molecule has 1 amide bonds. The molecule has 1 aromatic carbocycles. The third kappa shape index (κ3) is 4.33. The number of halogens is 2. The molecule has 0 atom stereocenters. The Hall–Kier alpha value is -3.11. The van der Waals surface area contributed by atoms with Crippen LogP contribution in [0.15, 0.2) is 47.3 Å². The molecule has 3 aromatic heterocycles. The van der Waals surface area contributed by atoms with Gasteiger partial charge in [0.25, 0.3) is 5.91 Å². The van der Waals surface area contributed by atoms with E-state index in [-0.39, 0.29) is 18.3 Å². The van der Waals surface area contributed by atoms with Gasteiger partial charge in [0.1, 0.15) is 18.1 Å². The van der Waals surface area contributed by atoms with E-state index in [4.69, 9.17) is 4.74 Å². The molecule has 0 fully saturated rings. The van der Waals surface area contributed by atoms with Crippen molar-refractivity contribution in [2.24, 2.45) is 7.05 Å². The fraction of sp³-hybridized carbons (Fsp3) is 0.105. The predicted molar refractivity (Wildman–Crippen MR) is 107 cm³/mol. The van der Waals surface area contributed by atoms with Crippen molar-refractivity contribution in [2.45, 2.75) is 6.61 Å². The Bertz CT molecular complexity index is 1170. The first-order valence-electron chi connectivity index (χ1n) is 8.40. The van der Waals surface area contributed by atoms with Gasteiger partial charge in [-0.1, -0.05) is 0 Å². The average Bonchev–Trinajstić information content (AvgIpc) is 3.42. The van der Waals surface area contributed by atoms with Crippen molar-refractivity contribution in [1.82, 2.24) is 14.8 Å². The number of benzene rings is 1. The van der Waals surface area contributed by atoms with E-state index >= 15 is 0 Å². The van der Waals surface area contributed by atoms with Gasteiger partial charge in [0.2, 0.25) is 0 Å². The highest BCUT2D eigenvalue weighted by molar-refractivity contribution is 7.14. The molecule has 4 rings (SSSR count). The zero-order valence-corrected chi connectivity index (χ0v) is 16.7. The summed E-state index contributed by atoms with van der Waals surface area (Å²) in [5.41, 5.74) is 2.29. The molecule has 0 bridgehead atoms. The fourth-order valence-electron chi connectivity index (χ4n) is 2.56. The molecule has 29 heavy (non-hydrogen) atoms. The average molecular weight is 432 g/mol. The quantitative estimate of drug-likeness (QED) is 0.479. The summed E-state index contributed by atoms with van der Waals surface area (Å²) in [4.78, 5) is 17.3. The molecule has 0 aliphatic heterocycles. The van der Waals surface area contributed by atoms with Crippen molar-refractivity contribution >= 4 is 33.7 Å². The molecule has 6 nitrogen and oxygen atoms in total. The Morgan fingerprint density at radius 3 is 2.83 bits per heavy atom. The van der Waals surface area contributed by atoms with Crippen LogP contribution in [-0.4, -0.2) is 20.7 Å². The fourth-order valence-corrected chi connectivity index (χ4v) is 4.05. The highest BCUT2D eigenvalue weighted by atomic mass is 32.1. The number of nitrogens with one attached hydrogen (secondary N) is 1. The van der Waals surface area contributed by atoms with Gasteiger partial charge in [-0.15, -0.1) is 22.7 Å². The topological polar surface area (TPSA) is 69.0 Å². The van der Waals surface area contributed by atoms with Gasteiger partial charge in [0, 0.05) is 30.3 Å². The SMILES string of the molecule is Cn1nccc1-c1csc(NC(=O)c2cc(COc3ccc(F)cc3F)cs2)n1. The van der Waals surface area contributed by atoms with Crippen molar-refractivity contribution in [2.75, 3.05) is 5.32 Å². The maximum atomic E-state index is 13.6. The van der Waals surface area contributed by atoms with Crippen LogP contribution in [0.25, 0.3) is 11.4 Å². The zero-order chi connectivity index (χ0) is 20.4. The van der Waals surface area contributed by atoms with Crippen molar-refractivity contribution in [3.05, 3.63) is 69.4 Å². The van der Waals surface area contributed by atoms with Crippen LogP contribution in [0.4, 0.5) is 13.9 Å². The second-order valence-corrected chi connectivity index (χ2v) is 7.78. The van der Waals surface area contributed by atoms with Crippen LogP contribution in [0.5, 0.6) is 5.75 Å². The van der Waals surface area contributed by atoms with Crippen LogP contribution in [0.1, 0.15) is 15.2 Å². The lowest BCUT2D eigenvalue weighted by atomic mass is 10.3. The number of aromatic nitrogens is 3. The number of nitrogens with zero attached hydrogens (tertiary/aromatic N) is 3. The number of hydrogen-bond donors (Lipinski definition) is 1. The molecular formula is C19H14F2N4O2S2. The van der Waals surface area contributed by atoms with Crippen molar-refractivity contribution in [1.29, 1.82) is 0 Å². The number of carbonyl (C=O) groups excluding carboxylic acids is 1. The van der Waals surface area contributed by atoms with Gasteiger partial charge in [-0.25, -0.2) is 13.8 Å². The molecule has 10 heteroatoms. The minimum absolute atomic E-state index is 0.0471. The summed E-state index contributed by atoms with van der Waals surface area (Å²) in [6.45, 7) is 0.0637. The van der Waals surface area contributed by atoms with Gasteiger partial charge in [0.15, 0.2) is 16.7 Å². The monoisotopic (exact) mass is 432 g/mol. The number of carbonyl (C=O) groups is 1. The van der Waals surface area contributed by atoms with Crippen molar-refractivity contribution in [3.8, 4) is 17.1 Å². The van der Waals surface area contributed by atoms with E-state index in [1.54, 1.807) is 22.3 Å². The number of hydrogen-bond acceptors (Lipinski definition) is 6. The maximum Gasteiger partial charge on any atom is 0.267 e. The van der Waals surface area contributed by atoms with Gasteiger partial charge in [-0.3, -0.25) is 14.8 Å². The zero-order valence-electron chi connectivity index (χ0n) is 15.1. The van der Waals surface area contributed by atoms with E-state index in [1.807, 2.05) is 18.5 Å². The first-order valence-corrected chi connectivity index (χ1v) is 10.2. The first-order chi connectivity index (χ1) is 14.0. The van der Waals surface area contributed by atoms with E-state index in [9.17, 15) is 13.6 Å². The van der Waals surface area contributed by atoms with Crippen LogP contribution in [-0.2, 0) is 13.7 Å². The second kappa shape index (κ2) is 8.10. The Morgan fingerprint density at radius 1 is 1.21 bits per heavy atom. The van der Waals surface area contributed by atoms with Crippen LogP contribution in [0.3, 0.4) is 0 Å². The molecule has 0 aliphatic rings. The maximum absolute atomic E-state index is 13.6. The van der Waals surface area contributed by atoms with Crippen LogP contribution in [0.2, 0.25) is 0 Å². The number of rotatable bonds is 6. The molecule has 0 radical (unpaired) electrons. The van der Waals surface area contributed by atoms with Gasteiger partial charge < -0.3 is 4.74 Å². The molecule has 0 aliphatic carbocycles. The van der Waals surface area contributed by atoms with Crippen LogP contribution < -0.4 is 10.1 Å². The standard InChI is InChI=1S/C19H14F2N4O2S2/c1-25-15(4-5-22-25)14-10-29-19(23-14)24-18(26)17-6-11(9-28-17)8-27-16-3-2-12(20)7-13(16)21/h2-7,9-10H,8H2,1H3,(H,23,24,26). The molecular weight excluding hydrogens is 418 g/mol. The van der Waals surface area contributed by atoms with Crippen LogP contribution in [0, 0.1) is 11.6 Å². The van der Waals surface area contributed by atoms with E-state index in [1.165, 1.54) is 28.7 Å². The third-order valence-corrected chi connectivity index (χ3v) is 5.71. The number of ether oxygens (including phenoxy) is 1. The third-order valence-electron chi connectivity index (χ3n) is 3.97. The van der Waals surface area contributed by atoms with Gasteiger partial charge in [-0.05, 0) is 29.6 Å². The molecule has 3 heterocycles. The Labute approximate surface area is 172 Å². The summed E-state index contributed by atoms with van der Waals surface area (Å²) in [6, 6.07) is 6.62. The molecule has 148 valence electrons. The number of amides is 1. The summed E-state index contributed by atoms with van der Waals surface area (Å²) >= 11 is 2.56. The predicted octanol–water partition coefficient (Wildman–Crippen LogP) is 4.71. The Morgan fingerprint density at radius 2 is 2.07 bits per heavy atom. The molecule has 0 spiro atoms. The molecule has 0 saturated carbocycles. The number of thiophene rings is 1. The highest BCUT2D eigenvalue weighted by Gasteiger charge is 2.14.